The number of hydrogen-bond donors (Lipinski definition) is 1. The van der Waals surface area contributed by atoms with Crippen LogP contribution in [-0.4, -0.2) is 6.10 Å². The van der Waals surface area contributed by atoms with Crippen molar-refractivity contribution in [3.05, 3.63) is 59.7 Å². The Morgan fingerprint density at radius 2 is 1.67 bits per heavy atom. The van der Waals surface area contributed by atoms with E-state index < -0.39 is 0 Å². The Bertz CT molecular complexity index is 586. The fourth-order valence-corrected chi connectivity index (χ4v) is 3.12. The molecule has 3 rings (SSSR count). The van der Waals surface area contributed by atoms with Crippen molar-refractivity contribution in [1.82, 2.24) is 0 Å². The highest BCUT2D eigenvalue weighted by molar-refractivity contribution is 5.50. The monoisotopic (exact) mass is 281 g/mol. The second-order valence-electron chi connectivity index (χ2n) is 6.02. The lowest BCUT2D eigenvalue weighted by molar-refractivity contribution is 0.146. The van der Waals surface area contributed by atoms with E-state index >= 15 is 0 Å². The first kappa shape index (κ1) is 14.0. The molecule has 2 aromatic carbocycles. The molecule has 0 bridgehead atoms. The van der Waals surface area contributed by atoms with Crippen molar-refractivity contribution in [2.75, 3.05) is 5.73 Å². The van der Waals surface area contributed by atoms with Crippen LogP contribution in [0.5, 0.6) is 5.75 Å². The zero-order valence-corrected chi connectivity index (χ0v) is 12.6. The van der Waals surface area contributed by atoms with Crippen LogP contribution in [0, 0.1) is 6.92 Å². The lowest BCUT2D eigenvalue weighted by atomic mass is 9.83. The molecule has 0 saturated heterocycles. The van der Waals surface area contributed by atoms with Gasteiger partial charge < -0.3 is 10.5 Å². The van der Waals surface area contributed by atoms with Crippen molar-refractivity contribution in [2.45, 2.75) is 44.6 Å². The van der Waals surface area contributed by atoms with Crippen molar-refractivity contribution >= 4 is 5.69 Å². The van der Waals surface area contributed by atoms with Crippen molar-refractivity contribution in [3.63, 3.8) is 0 Å². The molecule has 0 amide bonds. The first-order valence-corrected chi connectivity index (χ1v) is 7.80. The molecule has 2 nitrogen and oxygen atoms in total. The van der Waals surface area contributed by atoms with Crippen molar-refractivity contribution < 1.29 is 4.74 Å². The van der Waals surface area contributed by atoms with Crippen molar-refractivity contribution in [2.24, 2.45) is 0 Å². The van der Waals surface area contributed by atoms with Gasteiger partial charge in [0.1, 0.15) is 5.75 Å². The Kier molecular flexibility index (Phi) is 4.14. The number of hydrogen-bond acceptors (Lipinski definition) is 2. The summed E-state index contributed by atoms with van der Waals surface area (Å²) in [5.74, 6) is 1.59. The van der Waals surface area contributed by atoms with Gasteiger partial charge in [-0.15, -0.1) is 0 Å². The van der Waals surface area contributed by atoms with Gasteiger partial charge in [-0.05, 0) is 55.7 Å². The standard InChI is InChI=1S/C19H23NO/c1-14-7-10-18(13-19(14)20)21-17-11-8-16(9-12-17)15-5-3-2-4-6-15/h2-7,10,13,16-17H,8-9,11-12,20H2,1H3. The highest BCUT2D eigenvalue weighted by atomic mass is 16.5. The number of rotatable bonds is 3. The van der Waals surface area contributed by atoms with Gasteiger partial charge in [-0.3, -0.25) is 0 Å². The molecule has 0 spiro atoms. The van der Waals surface area contributed by atoms with Gasteiger partial charge in [0.05, 0.1) is 6.10 Å². The number of benzene rings is 2. The molecule has 1 aliphatic carbocycles. The lowest BCUT2D eigenvalue weighted by Gasteiger charge is -2.29. The predicted molar refractivity (Wildman–Crippen MR) is 87.7 cm³/mol. The SMILES string of the molecule is Cc1ccc(OC2CCC(c3ccccc3)CC2)cc1N. The number of ether oxygens (including phenoxy) is 1. The average molecular weight is 281 g/mol. The molecule has 2 N–H and O–H groups in total. The lowest BCUT2D eigenvalue weighted by Crippen LogP contribution is -2.23. The fourth-order valence-electron chi connectivity index (χ4n) is 3.12. The Balaban J connectivity index is 1.57. The van der Waals surface area contributed by atoms with Crippen LogP contribution in [-0.2, 0) is 0 Å². The summed E-state index contributed by atoms with van der Waals surface area (Å²) in [5, 5.41) is 0. The number of aryl methyl sites for hydroxylation is 1. The second kappa shape index (κ2) is 6.21. The Morgan fingerprint density at radius 3 is 2.33 bits per heavy atom. The summed E-state index contributed by atoms with van der Waals surface area (Å²) in [7, 11) is 0. The zero-order valence-electron chi connectivity index (χ0n) is 12.6. The van der Waals surface area contributed by atoms with Gasteiger partial charge in [-0.25, -0.2) is 0 Å². The van der Waals surface area contributed by atoms with E-state index in [0.717, 1.165) is 29.8 Å². The quantitative estimate of drug-likeness (QED) is 0.829. The molecule has 0 aliphatic heterocycles. The normalized spacial score (nSPS) is 22.0. The molecule has 1 aliphatic rings. The minimum Gasteiger partial charge on any atom is -0.490 e. The van der Waals surface area contributed by atoms with Gasteiger partial charge in [-0.2, -0.15) is 0 Å². The second-order valence-corrected chi connectivity index (χ2v) is 6.02. The molecule has 2 aromatic rings. The van der Waals surface area contributed by atoms with E-state index in [1.54, 1.807) is 0 Å². The van der Waals surface area contributed by atoms with Crippen LogP contribution in [0.4, 0.5) is 5.69 Å². The number of anilines is 1. The Labute approximate surface area is 126 Å². The zero-order chi connectivity index (χ0) is 14.7. The number of nitrogens with two attached hydrogens (primary N) is 1. The van der Waals surface area contributed by atoms with Crippen LogP contribution < -0.4 is 10.5 Å². The van der Waals surface area contributed by atoms with Crippen LogP contribution >= 0.6 is 0 Å². The van der Waals surface area contributed by atoms with Gasteiger partial charge in [0.25, 0.3) is 0 Å². The maximum absolute atomic E-state index is 6.10. The molecular formula is C19H23NO. The maximum Gasteiger partial charge on any atom is 0.121 e. The third kappa shape index (κ3) is 3.38. The van der Waals surface area contributed by atoms with E-state index in [0.29, 0.717) is 12.0 Å². The summed E-state index contributed by atoms with van der Waals surface area (Å²) in [5.41, 5.74) is 9.33. The fraction of sp³-hybridized carbons (Fsp3) is 0.368. The first-order valence-electron chi connectivity index (χ1n) is 7.80. The highest BCUT2D eigenvalue weighted by Gasteiger charge is 2.23. The summed E-state index contributed by atoms with van der Waals surface area (Å²) in [6.07, 6.45) is 4.97. The van der Waals surface area contributed by atoms with Gasteiger partial charge in [0.15, 0.2) is 0 Å². The van der Waals surface area contributed by atoms with E-state index in [-0.39, 0.29) is 0 Å². The third-order valence-electron chi connectivity index (χ3n) is 4.50. The van der Waals surface area contributed by atoms with Crippen LogP contribution in [0.15, 0.2) is 48.5 Å². The van der Waals surface area contributed by atoms with Crippen LogP contribution in [0.3, 0.4) is 0 Å². The molecule has 1 saturated carbocycles. The highest BCUT2D eigenvalue weighted by Crippen LogP contribution is 2.34. The molecule has 2 heteroatoms. The van der Waals surface area contributed by atoms with E-state index in [4.69, 9.17) is 10.5 Å². The van der Waals surface area contributed by atoms with Gasteiger partial charge in [0.2, 0.25) is 0 Å². The largest absolute Gasteiger partial charge is 0.490 e. The molecule has 0 radical (unpaired) electrons. The predicted octanol–water partition coefficient (Wildman–Crippen LogP) is 4.68. The molecule has 110 valence electrons. The third-order valence-corrected chi connectivity index (χ3v) is 4.50. The molecule has 0 aromatic heterocycles. The van der Waals surface area contributed by atoms with E-state index in [1.165, 1.54) is 18.4 Å². The minimum atomic E-state index is 0.326. The molecule has 21 heavy (non-hydrogen) atoms. The van der Waals surface area contributed by atoms with Gasteiger partial charge in [-0.1, -0.05) is 36.4 Å². The summed E-state index contributed by atoms with van der Waals surface area (Å²) in [6.45, 7) is 2.02. The maximum atomic E-state index is 6.10. The molecule has 1 fully saturated rings. The molecular weight excluding hydrogens is 258 g/mol. The van der Waals surface area contributed by atoms with Crippen LogP contribution in [0.2, 0.25) is 0 Å². The summed E-state index contributed by atoms with van der Waals surface area (Å²) < 4.78 is 6.10. The first-order chi connectivity index (χ1) is 10.2. The smallest absolute Gasteiger partial charge is 0.121 e. The van der Waals surface area contributed by atoms with Crippen molar-refractivity contribution in [3.8, 4) is 5.75 Å². The van der Waals surface area contributed by atoms with E-state index in [9.17, 15) is 0 Å². The van der Waals surface area contributed by atoms with Crippen LogP contribution in [0.25, 0.3) is 0 Å². The average Bonchev–Trinajstić information content (AvgIpc) is 2.53. The van der Waals surface area contributed by atoms with Crippen LogP contribution in [0.1, 0.15) is 42.7 Å². The summed E-state index contributed by atoms with van der Waals surface area (Å²) in [6, 6.07) is 16.8. The minimum absolute atomic E-state index is 0.326. The molecule has 0 heterocycles. The van der Waals surface area contributed by atoms with E-state index in [1.807, 2.05) is 25.1 Å². The molecule has 0 atom stereocenters. The van der Waals surface area contributed by atoms with Gasteiger partial charge >= 0.3 is 0 Å². The summed E-state index contributed by atoms with van der Waals surface area (Å²) in [4.78, 5) is 0. The summed E-state index contributed by atoms with van der Waals surface area (Å²) >= 11 is 0. The van der Waals surface area contributed by atoms with Gasteiger partial charge in [0, 0.05) is 11.8 Å². The van der Waals surface area contributed by atoms with Crippen molar-refractivity contribution in [1.29, 1.82) is 0 Å². The molecule has 0 unspecified atom stereocenters. The topological polar surface area (TPSA) is 35.2 Å². The Hall–Kier alpha value is -1.96. The Morgan fingerprint density at radius 1 is 0.952 bits per heavy atom. The van der Waals surface area contributed by atoms with E-state index in [2.05, 4.69) is 30.3 Å². The number of nitrogen functional groups attached to an aromatic ring is 1.